The molecule has 0 spiro atoms. The fraction of sp³-hybridized carbons (Fsp3) is 0.269. The minimum atomic E-state index is -0.141. The first-order valence-electron chi connectivity index (χ1n) is 11.3. The van der Waals surface area contributed by atoms with Crippen molar-refractivity contribution in [3.63, 3.8) is 0 Å². The molecule has 0 N–H and O–H groups in total. The second-order valence-corrected chi connectivity index (χ2v) is 9.10. The fourth-order valence-corrected chi connectivity index (χ4v) is 4.72. The quantitative estimate of drug-likeness (QED) is 0.506. The number of hydrogen-bond donors (Lipinski definition) is 0. The van der Waals surface area contributed by atoms with E-state index in [1.807, 2.05) is 66.0 Å². The summed E-state index contributed by atoms with van der Waals surface area (Å²) in [4.78, 5) is 28.9. The molecule has 8 heteroatoms. The van der Waals surface area contributed by atoms with Crippen LogP contribution in [0.1, 0.15) is 29.7 Å². The predicted molar refractivity (Wildman–Crippen MR) is 131 cm³/mol. The number of benzene rings is 2. The highest BCUT2D eigenvalue weighted by molar-refractivity contribution is 7.09. The Hall–Kier alpha value is -3.65. The molecule has 5 rings (SSSR count). The summed E-state index contributed by atoms with van der Waals surface area (Å²) in [7, 11) is 0. The molecule has 2 aliphatic rings. The van der Waals surface area contributed by atoms with Crippen molar-refractivity contribution in [2.24, 2.45) is 5.10 Å². The molecule has 0 unspecified atom stereocenters. The summed E-state index contributed by atoms with van der Waals surface area (Å²) in [5.41, 5.74) is 2.64. The number of thiophene rings is 1. The molecule has 0 radical (unpaired) electrons. The molecule has 2 amide bonds. The lowest BCUT2D eigenvalue weighted by molar-refractivity contribution is -0.132. The van der Waals surface area contributed by atoms with Gasteiger partial charge in [-0.2, -0.15) is 5.10 Å². The normalized spacial score (nSPS) is 14.6. The van der Waals surface area contributed by atoms with Gasteiger partial charge in [-0.1, -0.05) is 36.4 Å². The van der Waals surface area contributed by atoms with Crippen LogP contribution in [0.5, 0.6) is 11.5 Å². The average molecular weight is 476 g/mol. The molecule has 2 aromatic carbocycles. The van der Waals surface area contributed by atoms with E-state index in [9.17, 15) is 9.59 Å². The first kappa shape index (κ1) is 22.2. The lowest BCUT2D eigenvalue weighted by atomic mass is 10.1. The van der Waals surface area contributed by atoms with Crippen molar-refractivity contribution in [2.75, 3.05) is 24.7 Å². The second kappa shape index (κ2) is 10.1. The van der Waals surface area contributed by atoms with E-state index < -0.39 is 0 Å². The molecule has 0 fully saturated rings. The number of amides is 2. The van der Waals surface area contributed by atoms with Crippen molar-refractivity contribution in [3.8, 4) is 11.5 Å². The minimum Gasteiger partial charge on any atom is -0.486 e. The van der Waals surface area contributed by atoms with E-state index in [1.54, 1.807) is 16.2 Å². The summed E-state index contributed by atoms with van der Waals surface area (Å²) in [6.07, 6.45) is 0.923. The van der Waals surface area contributed by atoms with Crippen LogP contribution in [0.3, 0.4) is 0 Å². The van der Waals surface area contributed by atoms with Gasteiger partial charge >= 0.3 is 0 Å². The molecular formula is C26H25N3O4S. The van der Waals surface area contributed by atoms with Gasteiger partial charge in [0.2, 0.25) is 11.8 Å². The van der Waals surface area contributed by atoms with E-state index in [-0.39, 0.29) is 24.7 Å². The zero-order valence-electron chi connectivity index (χ0n) is 18.7. The number of rotatable bonds is 7. The van der Waals surface area contributed by atoms with Crippen LogP contribution in [0, 0.1) is 0 Å². The standard InChI is InChI=1S/C26H25N3O4S/c30-25(10-11-26(31)29-13-12-22(27-29)19-5-2-1-3-6-19)28(18-21-7-4-16-34-21)20-8-9-23-24(17-20)33-15-14-32-23/h1-9,16-17H,10-15,18H2. The van der Waals surface area contributed by atoms with Crippen LogP contribution >= 0.6 is 11.3 Å². The summed E-state index contributed by atoms with van der Waals surface area (Å²) in [6, 6.07) is 19.3. The molecule has 0 saturated carbocycles. The number of fused-ring (bicyclic) bond motifs is 1. The summed E-state index contributed by atoms with van der Waals surface area (Å²) >= 11 is 1.59. The zero-order valence-corrected chi connectivity index (χ0v) is 19.5. The molecule has 0 saturated heterocycles. The van der Waals surface area contributed by atoms with Crippen LogP contribution in [-0.2, 0) is 16.1 Å². The third-order valence-corrected chi connectivity index (χ3v) is 6.64. The maximum absolute atomic E-state index is 13.3. The molecule has 7 nitrogen and oxygen atoms in total. The van der Waals surface area contributed by atoms with Crippen LogP contribution in [-0.4, -0.2) is 42.3 Å². The molecule has 2 aliphatic heterocycles. The summed E-state index contributed by atoms with van der Waals surface area (Å²) < 4.78 is 11.3. The molecule has 3 aromatic rings. The monoisotopic (exact) mass is 475 g/mol. The number of hydrazone groups is 1. The summed E-state index contributed by atoms with van der Waals surface area (Å²) in [5, 5.41) is 7.97. The molecule has 0 bridgehead atoms. The lowest BCUT2D eigenvalue weighted by Gasteiger charge is -2.25. The molecule has 1 aromatic heterocycles. The Morgan fingerprint density at radius 1 is 0.971 bits per heavy atom. The second-order valence-electron chi connectivity index (χ2n) is 8.07. The number of hydrogen-bond acceptors (Lipinski definition) is 6. The average Bonchev–Trinajstić information content (AvgIpc) is 3.58. The van der Waals surface area contributed by atoms with Gasteiger partial charge in [0.25, 0.3) is 0 Å². The number of carbonyl (C=O) groups excluding carboxylic acids is 2. The number of nitrogens with zero attached hydrogens (tertiary/aromatic N) is 3. The van der Waals surface area contributed by atoms with Crippen LogP contribution in [0.2, 0.25) is 0 Å². The van der Waals surface area contributed by atoms with Gasteiger partial charge in [0.15, 0.2) is 11.5 Å². The van der Waals surface area contributed by atoms with Crippen LogP contribution in [0.4, 0.5) is 5.69 Å². The first-order valence-corrected chi connectivity index (χ1v) is 12.2. The summed E-state index contributed by atoms with van der Waals surface area (Å²) in [5.74, 6) is 1.04. The molecule has 34 heavy (non-hydrogen) atoms. The first-order chi connectivity index (χ1) is 16.7. The number of carbonyl (C=O) groups is 2. The van der Waals surface area contributed by atoms with Crippen molar-refractivity contribution in [3.05, 3.63) is 76.5 Å². The van der Waals surface area contributed by atoms with Crippen molar-refractivity contribution < 1.29 is 19.1 Å². The Bertz CT molecular complexity index is 1190. The summed E-state index contributed by atoms with van der Waals surface area (Å²) in [6.45, 7) is 1.96. The van der Waals surface area contributed by atoms with Gasteiger partial charge in [-0.25, -0.2) is 5.01 Å². The van der Waals surface area contributed by atoms with Crippen LogP contribution < -0.4 is 14.4 Å². The molecule has 174 valence electrons. The highest BCUT2D eigenvalue weighted by Crippen LogP contribution is 2.35. The Balaban J connectivity index is 1.27. The van der Waals surface area contributed by atoms with Crippen molar-refractivity contribution >= 4 is 34.6 Å². The van der Waals surface area contributed by atoms with Gasteiger partial charge in [-0.3, -0.25) is 9.59 Å². The third-order valence-electron chi connectivity index (χ3n) is 5.78. The number of anilines is 1. The van der Waals surface area contributed by atoms with Gasteiger partial charge in [-0.15, -0.1) is 11.3 Å². The van der Waals surface area contributed by atoms with Crippen molar-refractivity contribution in [1.82, 2.24) is 5.01 Å². The topological polar surface area (TPSA) is 71.4 Å². The van der Waals surface area contributed by atoms with Crippen LogP contribution in [0.15, 0.2) is 71.1 Å². The van der Waals surface area contributed by atoms with E-state index in [4.69, 9.17) is 9.47 Å². The van der Waals surface area contributed by atoms with Gasteiger partial charge in [0.1, 0.15) is 13.2 Å². The van der Waals surface area contributed by atoms with Gasteiger partial charge in [0, 0.05) is 35.9 Å². The van der Waals surface area contributed by atoms with Gasteiger partial charge in [0.05, 0.1) is 18.8 Å². The van der Waals surface area contributed by atoms with Crippen molar-refractivity contribution in [1.29, 1.82) is 0 Å². The van der Waals surface area contributed by atoms with E-state index in [2.05, 4.69) is 5.10 Å². The predicted octanol–water partition coefficient (Wildman–Crippen LogP) is 4.47. The molecular weight excluding hydrogens is 450 g/mol. The Morgan fingerprint density at radius 2 is 1.79 bits per heavy atom. The molecule has 3 heterocycles. The fourth-order valence-electron chi connectivity index (χ4n) is 4.03. The van der Waals surface area contributed by atoms with E-state index in [0.717, 1.165) is 21.8 Å². The maximum Gasteiger partial charge on any atom is 0.243 e. The Labute approximate surface area is 202 Å². The van der Waals surface area contributed by atoms with Crippen LogP contribution in [0.25, 0.3) is 0 Å². The van der Waals surface area contributed by atoms with Gasteiger partial charge < -0.3 is 14.4 Å². The minimum absolute atomic E-state index is 0.103. The molecule has 0 atom stereocenters. The van der Waals surface area contributed by atoms with E-state index >= 15 is 0 Å². The largest absolute Gasteiger partial charge is 0.486 e. The van der Waals surface area contributed by atoms with E-state index in [1.165, 1.54) is 5.01 Å². The smallest absolute Gasteiger partial charge is 0.243 e. The Morgan fingerprint density at radius 3 is 2.59 bits per heavy atom. The van der Waals surface area contributed by atoms with E-state index in [0.29, 0.717) is 44.2 Å². The third kappa shape index (κ3) is 4.97. The molecule has 0 aliphatic carbocycles. The maximum atomic E-state index is 13.3. The highest BCUT2D eigenvalue weighted by atomic mass is 32.1. The SMILES string of the molecule is O=C(CCC(=O)N(Cc1cccs1)c1ccc2c(c1)OCCO2)N1CCC(c2ccccc2)=N1. The zero-order chi connectivity index (χ0) is 23.3. The lowest BCUT2D eigenvalue weighted by Crippen LogP contribution is -2.32. The Kier molecular flexibility index (Phi) is 6.58. The van der Waals surface area contributed by atoms with Gasteiger partial charge in [-0.05, 0) is 29.1 Å². The highest BCUT2D eigenvalue weighted by Gasteiger charge is 2.25. The van der Waals surface area contributed by atoms with Crippen molar-refractivity contribution in [2.45, 2.75) is 25.8 Å². The number of ether oxygens (including phenoxy) is 2.